The molecular weight excluding hydrogens is 288 g/mol. The lowest BCUT2D eigenvalue weighted by Gasteiger charge is -1.80. The SMILES string of the molecule is Brc1ccccc1.N=NC=NN.N=NC=NN. The first kappa shape index (κ1) is 17.2. The van der Waals surface area contributed by atoms with Crippen LogP contribution in [0.2, 0.25) is 0 Å². The van der Waals surface area contributed by atoms with Crippen LogP contribution in [0.4, 0.5) is 0 Å². The van der Waals surface area contributed by atoms with Gasteiger partial charge in [-0.05, 0) is 12.1 Å². The monoisotopic (exact) mass is 300 g/mol. The third-order valence-corrected chi connectivity index (χ3v) is 1.51. The number of halogens is 1. The molecule has 0 aliphatic carbocycles. The fraction of sp³-hybridized carbons (Fsp3) is 0. The summed E-state index contributed by atoms with van der Waals surface area (Å²) in [7, 11) is 0. The highest BCUT2D eigenvalue weighted by molar-refractivity contribution is 9.10. The Labute approximate surface area is 107 Å². The van der Waals surface area contributed by atoms with Gasteiger partial charge >= 0.3 is 0 Å². The van der Waals surface area contributed by atoms with Crippen LogP contribution >= 0.6 is 15.9 Å². The summed E-state index contributed by atoms with van der Waals surface area (Å²) in [6, 6.07) is 9.97. The van der Waals surface area contributed by atoms with Crippen LogP contribution in [-0.2, 0) is 0 Å². The molecule has 0 heterocycles. The molecule has 1 aromatic carbocycles. The van der Waals surface area contributed by atoms with Gasteiger partial charge in [0.25, 0.3) is 0 Å². The van der Waals surface area contributed by atoms with Gasteiger partial charge in [-0.3, -0.25) is 0 Å². The molecule has 92 valence electrons. The Kier molecular flexibility index (Phi) is 16.5. The average molecular weight is 301 g/mol. The van der Waals surface area contributed by atoms with Crippen LogP contribution in [0, 0.1) is 11.1 Å². The van der Waals surface area contributed by atoms with E-state index in [-0.39, 0.29) is 0 Å². The highest BCUT2D eigenvalue weighted by Gasteiger charge is 1.74. The maximum atomic E-state index is 6.00. The largest absolute Gasteiger partial charge is 0.322 e. The van der Waals surface area contributed by atoms with E-state index < -0.39 is 0 Å². The van der Waals surface area contributed by atoms with E-state index >= 15 is 0 Å². The molecule has 8 nitrogen and oxygen atoms in total. The average Bonchev–Trinajstić information content (AvgIpc) is 2.34. The first-order valence-electron chi connectivity index (χ1n) is 4.10. The molecule has 0 aliphatic rings. The van der Waals surface area contributed by atoms with Crippen molar-refractivity contribution in [3.8, 4) is 0 Å². The standard InChI is InChI=1S/C6H5Br.2CH4N4/c7-6-4-2-1-3-5-6;2*2-4-1-5-3/h1-5H;2*1-2H,3H2. The lowest BCUT2D eigenvalue weighted by Crippen LogP contribution is -1.75. The van der Waals surface area contributed by atoms with E-state index in [0.29, 0.717) is 0 Å². The quantitative estimate of drug-likeness (QED) is 0.218. The lowest BCUT2D eigenvalue weighted by atomic mass is 10.4. The minimum Gasteiger partial charge on any atom is -0.322 e. The summed E-state index contributed by atoms with van der Waals surface area (Å²) in [6.07, 6.45) is 1.89. The van der Waals surface area contributed by atoms with E-state index in [9.17, 15) is 0 Å². The summed E-state index contributed by atoms with van der Waals surface area (Å²) in [5.41, 5.74) is 12.0. The normalized spacial score (nSPS) is 8.76. The third-order valence-electron chi connectivity index (χ3n) is 0.982. The molecule has 6 N–H and O–H groups in total. The molecule has 17 heavy (non-hydrogen) atoms. The second-order valence-corrected chi connectivity index (χ2v) is 3.00. The zero-order chi connectivity index (χ0) is 13.4. The molecule has 0 spiro atoms. The van der Waals surface area contributed by atoms with Crippen molar-refractivity contribution in [2.24, 2.45) is 32.1 Å². The highest BCUT2D eigenvalue weighted by Crippen LogP contribution is 2.05. The summed E-state index contributed by atoms with van der Waals surface area (Å²) < 4.78 is 1.13. The van der Waals surface area contributed by atoms with Crippen LogP contribution < -0.4 is 11.7 Å². The maximum absolute atomic E-state index is 6.00. The maximum Gasteiger partial charge on any atom is 0.156 e. The first-order chi connectivity index (χ1) is 8.22. The van der Waals surface area contributed by atoms with Crippen molar-refractivity contribution in [2.45, 2.75) is 0 Å². The molecule has 0 amide bonds. The zero-order valence-corrected chi connectivity index (χ0v) is 10.4. The van der Waals surface area contributed by atoms with Crippen molar-refractivity contribution in [3.63, 3.8) is 0 Å². The second-order valence-electron chi connectivity index (χ2n) is 2.08. The smallest absolute Gasteiger partial charge is 0.156 e. The summed E-state index contributed by atoms with van der Waals surface area (Å²) in [4.78, 5) is 0. The fourth-order valence-electron chi connectivity index (χ4n) is 0.481. The van der Waals surface area contributed by atoms with Crippen molar-refractivity contribution < 1.29 is 0 Å². The van der Waals surface area contributed by atoms with Crippen LogP contribution in [0.25, 0.3) is 0 Å². The second kappa shape index (κ2) is 16.3. The Hall–Kier alpha value is -2.16. The molecular formula is C8H13BrN8. The van der Waals surface area contributed by atoms with Crippen molar-refractivity contribution in [2.75, 3.05) is 0 Å². The molecule has 9 heteroatoms. The summed E-state index contributed by atoms with van der Waals surface area (Å²) in [5.74, 6) is 8.99. The number of hydrazone groups is 2. The van der Waals surface area contributed by atoms with Gasteiger partial charge in [0.05, 0.1) is 0 Å². The minimum atomic E-state index is 0.944. The van der Waals surface area contributed by atoms with Crippen molar-refractivity contribution in [1.82, 2.24) is 0 Å². The van der Waals surface area contributed by atoms with Gasteiger partial charge in [-0.1, -0.05) is 34.1 Å². The van der Waals surface area contributed by atoms with E-state index in [4.69, 9.17) is 11.1 Å². The Morgan fingerprint density at radius 3 is 1.47 bits per heavy atom. The topological polar surface area (TPSA) is 149 Å². The fourth-order valence-corrected chi connectivity index (χ4v) is 0.787. The Bertz CT molecular complexity index is 321. The summed E-state index contributed by atoms with van der Waals surface area (Å²) >= 11 is 3.31. The van der Waals surface area contributed by atoms with E-state index in [1.54, 1.807) is 0 Å². The molecule has 0 atom stereocenters. The van der Waals surface area contributed by atoms with Gasteiger partial charge < -0.3 is 11.7 Å². The van der Waals surface area contributed by atoms with Gasteiger partial charge in [-0.25, -0.2) is 11.1 Å². The number of nitrogens with one attached hydrogen (secondary N) is 2. The van der Waals surface area contributed by atoms with Gasteiger partial charge in [0.1, 0.15) is 0 Å². The minimum absolute atomic E-state index is 0.944. The molecule has 1 rings (SSSR count). The van der Waals surface area contributed by atoms with Crippen molar-refractivity contribution in [1.29, 1.82) is 11.1 Å². The van der Waals surface area contributed by atoms with E-state index in [2.05, 4.69) is 48.0 Å². The molecule has 0 aromatic heterocycles. The van der Waals surface area contributed by atoms with Gasteiger partial charge in [-0.15, -0.1) is 10.2 Å². The van der Waals surface area contributed by atoms with E-state index in [1.165, 1.54) is 0 Å². The van der Waals surface area contributed by atoms with Gasteiger partial charge in [0.15, 0.2) is 12.7 Å². The number of benzene rings is 1. The molecule has 0 saturated heterocycles. The van der Waals surface area contributed by atoms with Crippen LogP contribution in [0.15, 0.2) is 55.2 Å². The van der Waals surface area contributed by atoms with E-state index in [1.807, 2.05) is 30.3 Å². The van der Waals surface area contributed by atoms with Crippen LogP contribution in [0.5, 0.6) is 0 Å². The highest BCUT2D eigenvalue weighted by atomic mass is 79.9. The number of rotatable bonds is 2. The Balaban J connectivity index is 0. The number of hydrogen-bond acceptors (Lipinski definition) is 6. The van der Waals surface area contributed by atoms with Gasteiger partial charge in [0, 0.05) is 4.47 Å². The summed E-state index contributed by atoms with van der Waals surface area (Å²) in [6.45, 7) is 0. The molecule has 0 unspecified atom stereocenters. The number of nitrogens with zero attached hydrogens (tertiary/aromatic N) is 4. The molecule has 0 aliphatic heterocycles. The lowest BCUT2D eigenvalue weighted by molar-refractivity contribution is 1.17. The van der Waals surface area contributed by atoms with Crippen LogP contribution in [-0.4, -0.2) is 12.7 Å². The number of nitrogens with two attached hydrogens (primary N) is 2. The van der Waals surface area contributed by atoms with E-state index in [0.717, 1.165) is 17.1 Å². The summed E-state index contributed by atoms with van der Waals surface area (Å²) in [5, 5.41) is 11.1. The van der Waals surface area contributed by atoms with Crippen molar-refractivity contribution in [3.05, 3.63) is 34.8 Å². The number of hydrogen-bond donors (Lipinski definition) is 4. The van der Waals surface area contributed by atoms with Crippen molar-refractivity contribution >= 4 is 28.6 Å². The molecule has 0 fully saturated rings. The predicted octanol–water partition coefficient (Wildman–Crippen LogP) is 2.29. The third kappa shape index (κ3) is 20.0. The van der Waals surface area contributed by atoms with Gasteiger partial charge in [-0.2, -0.15) is 10.2 Å². The Morgan fingerprint density at radius 1 is 0.941 bits per heavy atom. The molecule has 1 aromatic rings. The Morgan fingerprint density at radius 2 is 1.35 bits per heavy atom. The van der Waals surface area contributed by atoms with Crippen LogP contribution in [0.1, 0.15) is 0 Å². The molecule has 0 radical (unpaired) electrons. The zero-order valence-electron chi connectivity index (χ0n) is 8.86. The predicted molar refractivity (Wildman–Crippen MR) is 69.8 cm³/mol. The molecule has 0 saturated carbocycles. The molecule has 0 bridgehead atoms. The van der Waals surface area contributed by atoms with Crippen LogP contribution in [0.3, 0.4) is 0 Å². The first-order valence-corrected chi connectivity index (χ1v) is 4.89. The van der Waals surface area contributed by atoms with Gasteiger partial charge in [0.2, 0.25) is 0 Å².